The van der Waals surface area contributed by atoms with Crippen LogP contribution >= 0.6 is 0 Å². The molecule has 0 bridgehead atoms. The zero-order valence-electron chi connectivity index (χ0n) is 14.4. The standard InChI is InChI=1S/C20H30O4/c1-2-18(21)19(22)16-14-12-10-8-6-4-3-5-7-9-11-13-15-17-20(23)24/h3,5-6,8-12,14,16,18-19,21-22H,2,4,7,13,15,17H2,1H3,(H,23,24)/b5-3-,8-6-,11-9-,12-10+,16-14+/t18-,19-/m0/s1. The lowest BCUT2D eigenvalue weighted by molar-refractivity contribution is -0.137. The maximum absolute atomic E-state index is 10.3. The van der Waals surface area contributed by atoms with Gasteiger partial charge in [-0.2, -0.15) is 0 Å². The van der Waals surface area contributed by atoms with Crippen molar-refractivity contribution in [3.8, 4) is 0 Å². The molecular weight excluding hydrogens is 304 g/mol. The van der Waals surface area contributed by atoms with Gasteiger partial charge in [-0.3, -0.25) is 4.79 Å². The predicted molar refractivity (Wildman–Crippen MR) is 98.7 cm³/mol. The van der Waals surface area contributed by atoms with Gasteiger partial charge in [0.1, 0.15) is 0 Å². The van der Waals surface area contributed by atoms with Crippen LogP contribution in [0.1, 0.15) is 45.4 Å². The second-order valence-corrected chi connectivity index (χ2v) is 5.36. The SMILES string of the molecule is CC[C@H](O)[C@@H](O)/C=C/C=C/C=C\C/C=C\C/C=C\CCCC(=O)O. The molecule has 0 aromatic heterocycles. The summed E-state index contributed by atoms with van der Waals surface area (Å²) in [6.07, 6.45) is 21.6. The predicted octanol–water partition coefficient (Wildman–Crippen LogP) is 3.93. The summed E-state index contributed by atoms with van der Waals surface area (Å²) < 4.78 is 0. The van der Waals surface area contributed by atoms with Gasteiger partial charge in [-0.05, 0) is 32.1 Å². The Morgan fingerprint density at radius 2 is 1.54 bits per heavy atom. The molecule has 0 fully saturated rings. The van der Waals surface area contributed by atoms with Gasteiger partial charge in [-0.1, -0.05) is 67.7 Å². The molecule has 0 unspecified atom stereocenters. The molecule has 0 aromatic rings. The number of hydrogen-bond acceptors (Lipinski definition) is 3. The lowest BCUT2D eigenvalue weighted by atomic mass is 10.1. The van der Waals surface area contributed by atoms with E-state index in [0.717, 1.165) is 19.3 Å². The highest BCUT2D eigenvalue weighted by Gasteiger charge is 2.08. The number of carboxylic acid groups (broad SMARTS) is 1. The first kappa shape index (κ1) is 22.1. The van der Waals surface area contributed by atoms with Crippen LogP contribution < -0.4 is 0 Å². The third-order valence-corrected chi connectivity index (χ3v) is 3.23. The molecule has 4 heteroatoms. The van der Waals surface area contributed by atoms with Crippen molar-refractivity contribution in [2.45, 2.75) is 57.7 Å². The summed E-state index contributed by atoms with van der Waals surface area (Å²) >= 11 is 0. The van der Waals surface area contributed by atoms with Crippen LogP contribution in [0, 0.1) is 0 Å². The molecule has 4 nitrogen and oxygen atoms in total. The van der Waals surface area contributed by atoms with Crippen LogP contribution in [0.5, 0.6) is 0 Å². The van der Waals surface area contributed by atoms with Gasteiger partial charge < -0.3 is 15.3 Å². The highest BCUT2D eigenvalue weighted by molar-refractivity contribution is 5.66. The second-order valence-electron chi connectivity index (χ2n) is 5.36. The molecule has 0 aliphatic heterocycles. The van der Waals surface area contributed by atoms with Crippen molar-refractivity contribution in [2.24, 2.45) is 0 Å². The van der Waals surface area contributed by atoms with Crippen molar-refractivity contribution in [1.82, 2.24) is 0 Å². The van der Waals surface area contributed by atoms with E-state index < -0.39 is 18.2 Å². The van der Waals surface area contributed by atoms with E-state index in [2.05, 4.69) is 12.2 Å². The van der Waals surface area contributed by atoms with Crippen molar-refractivity contribution in [1.29, 1.82) is 0 Å². The average molecular weight is 334 g/mol. The van der Waals surface area contributed by atoms with E-state index in [1.165, 1.54) is 0 Å². The minimum absolute atomic E-state index is 0.228. The van der Waals surface area contributed by atoms with Crippen molar-refractivity contribution < 1.29 is 20.1 Å². The molecule has 0 spiro atoms. The van der Waals surface area contributed by atoms with E-state index >= 15 is 0 Å². The number of unbranched alkanes of at least 4 members (excludes halogenated alkanes) is 1. The number of rotatable bonds is 13. The molecule has 0 radical (unpaired) electrons. The Morgan fingerprint density at radius 1 is 0.917 bits per heavy atom. The Balaban J connectivity index is 3.70. The van der Waals surface area contributed by atoms with E-state index in [4.69, 9.17) is 5.11 Å². The molecule has 134 valence electrons. The highest BCUT2D eigenvalue weighted by Crippen LogP contribution is 2.00. The molecule has 0 aromatic carbocycles. The third-order valence-electron chi connectivity index (χ3n) is 3.23. The van der Waals surface area contributed by atoms with Crippen LogP contribution in [0.3, 0.4) is 0 Å². The van der Waals surface area contributed by atoms with Crippen LogP contribution in [0.25, 0.3) is 0 Å². The zero-order valence-corrected chi connectivity index (χ0v) is 14.4. The molecule has 3 N–H and O–H groups in total. The van der Waals surface area contributed by atoms with Crippen molar-refractivity contribution >= 4 is 5.97 Å². The lowest BCUT2D eigenvalue weighted by Gasteiger charge is -2.10. The van der Waals surface area contributed by atoms with Gasteiger partial charge in [0, 0.05) is 6.42 Å². The van der Waals surface area contributed by atoms with Crippen molar-refractivity contribution in [3.05, 3.63) is 60.8 Å². The molecule has 0 aliphatic rings. The fourth-order valence-corrected chi connectivity index (χ4v) is 1.77. The van der Waals surface area contributed by atoms with Crippen LogP contribution in [0.15, 0.2) is 60.8 Å². The minimum Gasteiger partial charge on any atom is -0.481 e. The van der Waals surface area contributed by atoms with E-state index in [1.54, 1.807) is 12.2 Å². The first-order valence-electron chi connectivity index (χ1n) is 8.45. The van der Waals surface area contributed by atoms with Crippen molar-refractivity contribution in [2.75, 3.05) is 0 Å². The molecular formula is C20H30O4. The number of carboxylic acids is 1. The van der Waals surface area contributed by atoms with E-state index in [0.29, 0.717) is 12.8 Å². The summed E-state index contributed by atoms with van der Waals surface area (Å²) in [5.41, 5.74) is 0. The highest BCUT2D eigenvalue weighted by atomic mass is 16.4. The Kier molecular flexibility index (Phi) is 14.7. The number of aliphatic hydroxyl groups excluding tert-OH is 2. The lowest BCUT2D eigenvalue weighted by Crippen LogP contribution is -2.22. The van der Waals surface area contributed by atoms with Gasteiger partial charge in [0.15, 0.2) is 0 Å². The van der Waals surface area contributed by atoms with Crippen molar-refractivity contribution in [3.63, 3.8) is 0 Å². The number of hydrogen-bond donors (Lipinski definition) is 3. The molecule has 24 heavy (non-hydrogen) atoms. The Hall–Kier alpha value is -1.91. The summed E-state index contributed by atoms with van der Waals surface area (Å²) in [6.45, 7) is 1.82. The number of allylic oxidation sites excluding steroid dienone is 9. The maximum Gasteiger partial charge on any atom is 0.303 e. The average Bonchev–Trinajstić information content (AvgIpc) is 2.57. The van der Waals surface area contributed by atoms with Gasteiger partial charge in [-0.15, -0.1) is 0 Å². The van der Waals surface area contributed by atoms with Crippen LogP contribution in [-0.4, -0.2) is 33.5 Å². The Morgan fingerprint density at radius 3 is 2.21 bits per heavy atom. The van der Waals surface area contributed by atoms with E-state index in [-0.39, 0.29) is 6.42 Å². The van der Waals surface area contributed by atoms with Gasteiger partial charge in [0.25, 0.3) is 0 Å². The maximum atomic E-state index is 10.3. The molecule has 2 atom stereocenters. The first-order chi connectivity index (χ1) is 11.6. The normalized spacial score (nSPS) is 15.5. The summed E-state index contributed by atoms with van der Waals surface area (Å²) in [4.78, 5) is 10.3. The minimum atomic E-state index is -0.816. The number of carbonyl (C=O) groups is 1. The van der Waals surface area contributed by atoms with E-state index in [9.17, 15) is 15.0 Å². The van der Waals surface area contributed by atoms with Gasteiger partial charge >= 0.3 is 5.97 Å². The monoisotopic (exact) mass is 334 g/mol. The zero-order chi connectivity index (χ0) is 18.0. The number of aliphatic carboxylic acids is 1. The molecule has 0 heterocycles. The van der Waals surface area contributed by atoms with Gasteiger partial charge in [0.05, 0.1) is 12.2 Å². The van der Waals surface area contributed by atoms with Crippen LogP contribution in [-0.2, 0) is 4.79 Å². The second kappa shape index (κ2) is 16.0. The largest absolute Gasteiger partial charge is 0.481 e. The molecule has 0 aliphatic carbocycles. The Labute approximate surface area is 145 Å². The molecule has 0 amide bonds. The molecule has 0 saturated carbocycles. The first-order valence-corrected chi connectivity index (χ1v) is 8.45. The molecule has 0 saturated heterocycles. The number of aliphatic hydroxyl groups is 2. The third kappa shape index (κ3) is 15.0. The molecule has 0 rings (SSSR count). The summed E-state index contributed by atoms with van der Waals surface area (Å²) in [5, 5.41) is 27.4. The quantitative estimate of drug-likeness (QED) is 0.271. The van der Waals surface area contributed by atoms with Gasteiger partial charge in [0.2, 0.25) is 0 Å². The Bertz CT molecular complexity index is 458. The van der Waals surface area contributed by atoms with Crippen LogP contribution in [0.2, 0.25) is 0 Å². The van der Waals surface area contributed by atoms with E-state index in [1.807, 2.05) is 43.4 Å². The fraction of sp³-hybridized carbons (Fsp3) is 0.450. The van der Waals surface area contributed by atoms with Gasteiger partial charge in [-0.25, -0.2) is 0 Å². The van der Waals surface area contributed by atoms with Crippen LogP contribution in [0.4, 0.5) is 0 Å². The topological polar surface area (TPSA) is 77.8 Å². The summed E-state index contributed by atoms with van der Waals surface area (Å²) in [6, 6.07) is 0. The smallest absolute Gasteiger partial charge is 0.303 e. The summed E-state index contributed by atoms with van der Waals surface area (Å²) in [5.74, 6) is -0.741. The summed E-state index contributed by atoms with van der Waals surface area (Å²) in [7, 11) is 0. The fourth-order valence-electron chi connectivity index (χ4n) is 1.77.